The summed E-state index contributed by atoms with van der Waals surface area (Å²) in [6, 6.07) is 8.06. The van der Waals surface area contributed by atoms with Crippen molar-refractivity contribution in [2.75, 3.05) is 7.11 Å². The average Bonchev–Trinajstić information content (AvgIpc) is 2.35. The molecule has 0 amide bonds. The average molecular weight is 255 g/mol. The maximum atomic E-state index is 12.7. The highest BCUT2D eigenvalue weighted by Gasteiger charge is 2.39. The predicted octanol–water partition coefficient (Wildman–Crippen LogP) is 3.41. The number of nitrogens with two attached hydrogens (primary N) is 1. The fourth-order valence-corrected chi connectivity index (χ4v) is 1.83. The molecule has 0 radical (unpaired) electrons. The molecule has 0 spiro atoms. The molecule has 0 saturated carbocycles. The van der Waals surface area contributed by atoms with E-state index in [1.807, 2.05) is 6.07 Å². The summed E-state index contributed by atoms with van der Waals surface area (Å²) in [4.78, 5) is 0. The summed E-state index contributed by atoms with van der Waals surface area (Å²) in [6.07, 6.45) is -4.49. The van der Waals surface area contributed by atoms with Crippen molar-refractivity contribution in [3.05, 3.63) is 42.0 Å². The third-order valence-corrected chi connectivity index (χ3v) is 2.79. The number of methoxy groups -OCH3 is 1. The molecule has 0 unspecified atom stereocenters. The minimum atomic E-state index is -4.49. The molecule has 0 aliphatic rings. The molecular weight excluding hydrogens is 243 g/mol. The fraction of sp³-hybridized carbons (Fsp3) is 0.231. The Labute approximate surface area is 102 Å². The van der Waals surface area contributed by atoms with Gasteiger partial charge < -0.3 is 10.5 Å². The predicted molar refractivity (Wildman–Crippen MR) is 63.5 cm³/mol. The first kappa shape index (κ1) is 12.7. The van der Waals surface area contributed by atoms with Crippen LogP contribution >= 0.6 is 0 Å². The summed E-state index contributed by atoms with van der Waals surface area (Å²) in [7, 11) is 1.33. The van der Waals surface area contributed by atoms with Crippen molar-refractivity contribution in [2.45, 2.75) is 12.2 Å². The van der Waals surface area contributed by atoms with Gasteiger partial charge in [0.1, 0.15) is 11.8 Å². The maximum Gasteiger partial charge on any atom is 0.407 e. The van der Waals surface area contributed by atoms with Crippen LogP contribution in [0.3, 0.4) is 0 Å². The van der Waals surface area contributed by atoms with E-state index in [0.717, 1.165) is 5.39 Å². The quantitative estimate of drug-likeness (QED) is 0.892. The van der Waals surface area contributed by atoms with Crippen molar-refractivity contribution in [1.82, 2.24) is 0 Å². The second-order valence-electron chi connectivity index (χ2n) is 3.96. The highest BCUT2D eigenvalue weighted by atomic mass is 19.4. The zero-order valence-corrected chi connectivity index (χ0v) is 9.66. The molecular formula is C13H12F3NO. The molecule has 2 aromatic carbocycles. The fourth-order valence-electron chi connectivity index (χ4n) is 1.83. The lowest BCUT2D eigenvalue weighted by atomic mass is 10.0. The van der Waals surface area contributed by atoms with E-state index in [9.17, 15) is 13.2 Å². The number of hydrogen-bond donors (Lipinski definition) is 1. The normalized spacial score (nSPS) is 13.6. The highest BCUT2D eigenvalue weighted by molar-refractivity contribution is 5.85. The molecule has 0 fully saturated rings. The van der Waals surface area contributed by atoms with Gasteiger partial charge in [-0.15, -0.1) is 0 Å². The Kier molecular flexibility index (Phi) is 3.17. The number of alkyl halides is 3. The second kappa shape index (κ2) is 4.49. The van der Waals surface area contributed by atoms with Gasteiger partial charge in [-0.25, -0.2) is 0 Å². The van der Waals surface area contributed by atoms with Crippen LogP contribution in [0.1, 0.15) is 11.6 Å². The van der Waals surface area contributed by atoms with Crippen LogP contribution in [0.2, 0.25) is 0 Å². The largest absolute Gasteiger partial charge is 0.496 e. The van der Waals surface area contributed by atoms with Crippen molar-refractivity contribution in [3.63, 3.8) is 0 Å². The van der Waals surface area contributed by atoms with Gasteiger partial charge in [-0.05, 0) is 22.9 Å². The number of ether oxygens (including phenoxy) is 1. The van der Waals surface area contributed by atoms with Gasteiger partial charge >= 0.3 is 6.18 Å². The van der Waals surface area contributed by atoms with Gasteiger partial charge in [-0.2, -0.15) is 13.2 Å². The van der Waals surface area contributed by atoms with Gasteiger partial charge in [-0.1, -0.05) is 24.3 Å². The van der Waals surface area contributed by atoms with Crippen LogP contribution in [0.25, 0.3) is 10.8 Å². The molecule has 0 aromatic heterocycles. The lowest BCUT2D eigenvalue weighted by Gasteiger charge is -2.19. The van der Waals surface area contributed by atoms with Crippen molar-refractivity contribution in [2.24, 2.45) is 5.73 Å². The summed E-state index contributed by atoms with van der Waals surface area (Å²) < 4.78 is 43.0. The van der Waals surface area contributed by atoms with E-state index in [1.54, 1.807) is 24.3 Å². The Bertz CT molecular complexity index is 566. The van der Waals surface area contributed by atoms with Gasteiger partial charge in [0.15, 0.2) is 0 Å². The summed E-state index contributed by atoms with van der Waals surface area (Å²) >= 11 is 0. The van der Waals surface area contributed by atoms with Crippen LogP contribution in [-0.2, 0) is 0 Å². The number of benzene rings is 2. The zero-order valence-electron chi connectivity index (χ0n) is 9.66. The lowest BCUT2D eigenvalue weighted by molar-refractivity contribution is -0.149. The van der Waals surface area contributed by atoms with E-state index >= 15 is 0 Å². The maximum absolute atomic E-state index is 12.7. The van der Waals surface area contributed by atoms with Crippen LogP contribution in [0.15, 0.2) is 36.4 Å². The molecule has 0 bridgehead atoms. The first-order valence-electron chi connectivity index (χ1n) is 5.32. The zero-order chi connectivity index (χ0) is 13.3. The molecule has 2 N–H and O–H groups in total. The number of hydrogen-bond acceptors (Lipinski definition) is 2. The van der Waals surface area contributed by atoms with Crippen molar-refractivity contribution in [3.8, 4) is 5.75 Å². The Morgan fingerprint density at radius 2 is 1.67 bits per heavy atom. The van der Waals surface area contributed by atoms with Crippen molar-refractivity contribution in [1.29, 1.82) is 0 Å². The van der Waals surface area contributed by atoms with Crippen LogP contribution in [-0.4, -0.2) is 13.3 Å². The molecule has 2 nitrogen and oxygen atoms in total. The Balaban J connectivity index is 2.62. The minimum Gasteiger partial charge on any atom is -0.496 e. The molecule has 1 atom stereocenters. The first-order valence-corrected chi connectivity index (χ1v) is 5.32. The van der Waals surface area contributed by atoms with E-state index in [0.29, 0.717) is 5.39 Å². The van der Waals surface area contributed by atoms with E-state index in [2.05, 4.69) is 0 Å². The molecule has 0 heterocycles. The smallest absolute Gasteiger partial charge is 0.407 e. The number of fused-ring (bicyclic) bond motifs is 1. The van der Waals surface area contributed by atoms with Crippen LogP contribution < -0.4 is 10.5 Å². The molecule has 2 rings (SSSR count). The molecule has 0 saturated heterocycles. The third-order valence-electron chi connectivity index (χ3n) is 2.79. The van der Waals surface area contributed by atoms with Gasteiger partial charge in [0.05, 0.1) is 7.11 Å². The Morgan fingerprint density at radius 1 is 1.11 bits per heavy atom. The van der Waals surface area contributed by atoms with E-state index < -0.39 is 12.2 Å². The molecule has 96 valence electrons. The van der Waals surface area contributed by atoms with E-state index in [-0.39, 0.29) is 11.3 Å². The number of rotatable bonds is 2. The molecule has 18 heavy (non-hydrogen) atoms. The van der Waals surface area contributed by atoms with Crippen molar-refractivity contribution < 1.29 is 17.9 Å². The Hall–Kier alpha value is -1.75. The monoisotopic (exact) mass is 255 g/mol. The topological polar surface area (TPSA) is 35.2 Å². The Morgan fingerprint density at radius 3 is 2.17 bits per heavy atom. The summed E-state index contributed by atoms with van der Waals surface area (Å²) in [5.41, 5.74) is 5.18. The van der Waals surface area contributed by atoms with E-state index in [4.69, 9.17) is 10.5 Å². The molecule has 0 aliphatic heterocycles. The number of halogens is 3. The van der Waals surface area contributed by atoms with Gasteiger partial charge in [0.2, 0.25) is 0 Å². The summed E-state index contributed by atoms with van der Waals surface area (Å²) in [6.45, 7) is 0. The summed E-state index contributed by atoms with van der Waals surface area (Å²) in [5, 5.41) is 1.51. The molecule has 2 aromatic rings. The van der Waals surface area contributed by atoms with Gasteiger partial charge in [-0.3, -0.25) is 0 Å². The minimum absolute atomic E-state index is 0.0521. The van der Waals surface area contributed by atoms with Gasteiger partial charge in [0, 0.05) is 5.56 Å². The van der Waals surface area contributed by atoms with Crippen molar-refractivity contribution >= 4 is 10.8 Å². The van der Waals surface area contributed by atoms with Crippen LogP contribution in [0, 0.1) is 0 Å². The highest BCUT2D eigenvalue weighted by Crippen LogP contribution is 2.37. The van der Waals surface area contributed by atoms with Crippen LogP contribution in [0.5, 0.6) is 5.75 Å². The molecule has 0 aliphatic carbocycles. The third kappa shape index (κ3) is 2.26. The standard InChI is InChI=1S/C13H12F3NO/c1-18-11-7-9-5-3-2-4-8(9)6-10(11)12(17)13(14,15)16/h2-7,12H,17H2,1H3/t12-/m0/s1. The first-order chi connectivity index (χ1) is 8.43. The van der Waals surface area contributed by atoms with Crippen LogP contribution in [0.4, 0.5) is 13.2 Å². The summed E-state index contributed by atoms with van der Waals surface area (Å²) in [5.74, 6) is 0.151. The molecule has 5 heteroatoms. The van der Waals surface area contributed by atoms with Gasteiger partial charge in [0.25, 0.3) is 0 Å². The SMILES string of the molecule is COc1cc2ccccc2cc1[C@H](N)C(F)(F)F. The lowest BCUT2D eigenvalue weighted by Crippen LogP contribution is -2.28. The van der Waals surface area contributed by atoms with E-state index in [1.165, 1.54) is 13.2 Å². The second-order valence-corrected chi connectivity index (χ2v) is 3.96.